The third-order valence-electron chi connectivity index (χ3n) is 3.27. The Morgan fingerprint density at radius 3 is 2.53 bits per heavy atom. The SMILES string of the molecule is CNc1ccc(-c2nc3ccc(Cl)cc3n2C)cc1. The topological polar surface area (TPSA) is 29.9 Å². The summed E-state index contributed by atoms with van der Waals surface area (Å²) in [6, 6.07) is 14.0. The van der Waals surface area contributed by atoms with E-state index in [4.69, 9.17) is 11.6 Å². The van der Waals surface area contributed by atoms with Crippen LogP contribution in [0, 0.1) is 0 Å². The van der Waals surface area contributed by atoms with Crippen LogP contribution in [-0.2, 0) is 7.05 Å². The normalized spacial score (nSPS) is 10.9. The van der Waals surface area contributed by atoms with E-state index in [0.717, 1.165) is 33.1 Å². The van der Waals surface area contributed by atoms with Gasteiger partial charge in [-0.25, -0.2) is 4.98 Å². The molecule has 4 heteroatoms. The Kier molecular flexibility index (Phi) is 2.91. The lowest BCUT2D eigenvalue weighted by atomic mass is 10.2. The molecule has 0 amide bonds. The molecule has 3 nitrogen and oxygen atoms in total. The van der Waals surface area contributed by atoms with Crippen LogP contribution in [-0.4, -0.2) is 16.6 Å². The molecule has 0 aliphatic rings. The number of benzene rings is 2. The smallest absolute Gasteiger partial charge is 0.140 e. The zero-order valence-corrected chi connectivity index (χ0v) is 11.6. The summed E-state index contributed by atoms with van der Waals surface area (Å²) in [7, 11) is 3.92. The Morgan fingerprint density at radius 1 is 1.11 bits per heavy atom. The molecule has 1 heterocycles. The molecular weight excluding hydrogens is 258 g/mol. The van der Waals surface area contributed by atoms with Crippen molar-refractivity contribution in [3.05, 3.63) is 47.5 Å². The molecule has 0 aliphatic heterocycles. The molecule has 0 saturated carbocycles. The van der Waals surface area contributed by atoms with Crippen molar-refractivity contribution >= 4 is 28.3 Å². The van der Waals surface area contributed by atoms with Crippen molar-refractivity contribution in [2.75, 3.05) is 12.4 Å². The number of nitrogens with zero attached hydrogens (tertiary/aromatic N) is 2. The molecule has 0 radical (unpaired) electrons. The van der Waals surface area contributed by atoms with E-state index in [9.17, 15) is 0 Å². The summed E-state index contributed by atoms with van der Waals surface area (Å²) >= 11 is 6.04. The van der Waals surface area contributed by atoms with E-state index < -0.39 is 0 Å². The van der Waals surface area contributed by atoms with E-state index in [2.05, 4.69) is 27.0 Å². The van der Waals surface area contributed by atoms with Crippen molar-refractivity contribution in [2.24, 2.45) is 7.05 Å². The van der Waals surface area contributed by atoms with E-state index >= 15 is 0 Å². The maximum Gasteiger partial charge on any atom is 0.140 e. The van der Waals surface area contributed by atoms with Crippen LogP contribution in [0.5, 0.6) is 0 Å². The molecule has 0 spiro atoms. The highest BCUT2D eigenvalue weighted by Crippen LogP contribution is 2.26. The molecule has 0 fully saturated rings. The number of aryl methyl sites for hydroxylation is 1. The Balaban J connectivity index is 2.16. The minimum atomic E-state index is 0.729. The minimum Gasteiger partial charge on any atom is -0.388 e. The van der Waals surface area contributed by atoms with Gasteiger partial charge in [0.15, 0.2) is 0 Å². The average Bonchev–Trinajstić information content (AvgIpc) is 2.76. The van der Waals surface area contributed by atoms with Gasteiger partial charge in [0.05, 0.1) is 11.0 Å². The molecule has 1 aromatic heterocycles. The maximum atomic E-state index is 6.04. The van der Waals surface area contributed by atoms with Crippen LogP contribution in [0.2, 0.25) is 5.02 Å². The molecule has 3 rings (SSSR count). The molecule has 1 N–H and O–H groups in total. The zero-order chi connectivity index (χ0) is 13.4. The summed E-state index contributed by atoms with van der Waals surface area (Å²) in [6.45, 7) is 0. The van der Waals surface area contributed by atoms with E-state index in [1.165, 1.54) is 0 Å². The van der Waals surface area contributed by atoms with Gasteiger partial charge in [-0.1, -0.05) is 11.6 Å². The summed E-state index contributed by atoms with van der Waals surface area (Å²) in [6.07, 6.45) is 0. The van der Waals surface area contributed by atoms with Gasteiger partial charge in [-0.3, -0.25) is 0 Å². The quantitative estimate of drug-likeness (QED) is 0.765. The number of hydrogen-bond donors (Lipinski definition) is 1. The second-order valence-electron chi connectivity index (χ2n) is 4.45. The van der Waals surface area contributed by atoms with Crippen LogP contribution in [0.4, 0.5) is 5.69 Å². The monoisotopic (exact) mass is 271 g/mol. The standard InChI is InChI=1S/C15H14ClN3/c1-17-12-6-3-10(4-7-12)15-18-13-8-5-11(16)9-14(13)19(15)2/h3-9,17H,1-2H3. The van der Waals surface area contributed by atoms with Gasteiger partial charge in [-0.05, 0) is 42.5 Å². The number of aromatic nitrogens is 2. The largest absolute Gasteiger partial charge is 0.388 e. The number of imidazole rings is 1. The molecule has 0 saturated heterocycles. The van der Waals surface area contributed by atoms with E-state index in [1.54, 1.807) is 0 Å². The van der Waals surface area contributed by atoms with Gasteiger partial charge in [-0.15, -0.1) is 0 Å². The lowest BCUT2D eigenvalue weighted by molar-refractivity contribution is 0.959. The van der Waals surface area contributed by atoms with Gasteiger partial charge in [0.2, 0.25) is 0 Å². The Labute approximate surface area is 116 Å². The number of halogens is 1. The van der Waals surface area contributed by atoms with Crippen molar-refractivity contribution in [1.82, 2.24) is 9.55 Å². The van der Waals surface area contributed by atoms with E-state index in [-0.39, 0.29) is 0 Å². The highest BCUT2D eigenvalue weighted by Gasteiger charge is 2.09. The third kappa shape index (κ3) is 2.06. The van der Waals surface area contributed by atoms with Crippen molar-refractivity contribution < 1.29 is 0 Å². The number of rotatable bonds is 2. The van der Waals surface area contributed by atoms with Crippen LogP contribution < -0.4 is 5.32 Å². The molecule has 96 valence electrons. The van der Waals surface area contributed by atoms with E-state index in [1.807, 2.05) is 44.4 Å². The Hall–Kier alpha value is -2.00. The van der Waals surface area contributed by atoms with Gasteiger partial charge in [0.25, 0.3) is 0 Å². The molecule has 0 aliphatic carbocycles. The highest BCUT2D eigenvalue weighted by atomic mass is 35.5. The zero-order valence-electron chi connectivity index (χ0n) is 10.8. The van der Waals surface area contributed by atoms with Crippen molar-refractivity contribution in [3.8, 4) is 11.4 Å². The van der Waals surface area contributed by atoms with Gasteiger partial charge >= 0.3 is 0 Å². The summed E-state index contributed by atoms with van der Waals surface area (Å²) in [4.78, 5) is 4.66. The van der Waals surface area contributed by atoms with Gasteiger partial charge in [-0.2, -0.15) is 0 Å². The lowest BCUT2D eigenvalue weighted by Crippen LogP contribution is -1.93. The molecule has 2 aromatic carbocycles. The first-order valence-electron chi connectivity index (χ1n) is 6.09. The summed E-state index contributed by atoms with van der Waals surface area (Å²) in [5.74, 6) is 0.944. The Morgan fingerprint density at radius 2 is 1.84 bits per heavy atom. The maximum absolute atomic E-state index is 6.04. The fourth-order valence-electron chi connectivity index (χ4n) is 2.21. The molecule has 3 aromatic rings. The third-order valence-corrected chi connectivity index (χ3v) is 3.51. The number of nitrogens with one attached hydrogen (secondary N) is 1. The molecule has 0 unspecified atom stereocenters. The van der Waals surface area contributed by atoms with Gasteiger partial charge in [0.1, 0.15) is 5.82 Å². The minimum absolute atomic E-state index is 0.729. The molecule has 19 heavy (non-hydrogen) atoms. The first-order chi connectivity index (χ1) is 9.19. The summed E-state index contributed by atoms with van der Waals surface area (Å²) in [5.41, 5.74) is 4.18. The second kappa shape index (κ2) is 4.59. The fourth-order valence-corrected chi connectivity index (χ4v) is 2.37. The van der Waals surface area contributed by atoms with Crippen molar-refractivity contribution in [2.45, 2.75) is 0 Å². The molecule has 0 atom stereocenters. The van der Waals surface area contributed by atoms with Crippen LogP contribution in [0.25, 0.3) is 22.4 Å². The first-order valence-corrected chi connectivity index (χ1v) is 6.47. The molecule has 0 bridgehead atoms. The van der Waals surface area contributed by atoms with Crippen molar-refractivity contribution in [1.29, 1.82) is 0 Å². The van der Waals surface area contributed by atoms with Crippen LogP contribution in [0.1, 0.15) is 0 Å². The number of hydrogen-bond acceptors (Lipinski definition) is 2. The highest BCUT2D eigenvalue weighted by molar-refractivity contribution is 6.31. The van der Waals surface area contributed by atoms with Gasteiger partial charge < -0.3 is 9.88 Å². The Bertz CT molecular complexity index is 729. The predicted octanol–water partition coefficient (Wildman–Crippen LogP) is 3.94. The van der Waals surface area contributed by atoms with Gasteiger partial charge in [0, 0.05) is 30.4 Å². The van der Waals surface area contributed by atoms with Crippen LogP contribution >= 0.6 is 11.6 Å². The van der Waals surface area contributed by atoms with Crippen molar-refractivity contribution in [3.63, 3.8) is 0 Å². The number of fused-ring (bicyclic) bond motifs is 1. The molecular formula is C15H14ClN3. The van der Waals surface area contributed by atoms with E-state index in [0.29, 0.717) is 0 Å². The first kappa shape index (κ1) is 12.1. The average molecular weight is 272 g/mol. The summed E-state index contributed by atoms with van der Waals surface area (Å²) in [5, 5.41) is 3.84. The summed E-state index contributed by atoms with van der Waals surface area (Å²) < 4.78 is 2.07. The van der Waals surface area contributed by atoms with Crippen LogP contribution in [0.15, 0.2) is 42.5 Å². The number of anilines is 1. The predicted molar refractivity (Wildman–Crippen MR) is 80.7 cm³/mol. The van der Waals surface area contributed by atoms with Crippen LogP contribution in [0.3, 0.4) is 0 Å². The lowest BCUT2D eigenvalue weighted by Gasteiger charge is -2.04. The fraction of sp³-hybridized carbons (Fsp3) is 0.133. The second-order valence-corrected chi connectivity index (χ2v) is 4.89.